The number of carboxylic acids is 1. The van der Waals surface area contributed by atoms with Crippen LogP contribution in [0.3, 0.4) is 0 Å². The lowest BCUT2D eigenvalue weighted by molar-refractivity contribution is -0.274. The largest absolute Gasteiger partial charge is 0.573 e. The van der Waals surface area contributed by atoms with E-state index in [0.29, 0.717) is 6.26 Å². The molecule has 0 bridgehead atoms. The molecular formula is C17H10F4N2O6S. The Bertz CT molecular complexity index is 1330. The van der Waals surface area contributed by atoms with Crippen molar-refractivity contribution in [3.63, 3.8) is 0 Å². The number of nitrogens with zero attached hydrogens (tertiary/aromatic N) is 2. The van der Waals surface area contributed by atoms with Gasteiger partial charge >= 0.3 is 12.3 Å². The molecule has 1 aromatic heterocycles. The number of hydrogen-bond acceptors (Lipinski definition) is 6. The number of sulfone groups is 1. The highest BCUT2D eigenvalue weighted by Crippen LogP contribution is 2.27. The molecule has 1 heterocycles. The van der Waals surface area contributed by atoms with Crippen molar-refractivity contribution in [2.45, 2.75) is 11.3 Å². The van der Waals surface area contributed by atoms with Crippen molar-refractivity contribution in [2.24, 2.45) is 0 Å². The molecule has 0 amide bonds. The first-order valence-corrected chi connectivity index (χ1v) is 9.74. The molecule has 0 unspecified atom stereocenters. The van der Waals surface area contributed by atoms with E-state index in [1.165, 1.54) is 0 Å². The third-order valence-corrected chi connectivity index (χ3v) is 4.99. The molecule has 0 aliphatic heterocycles. The van der Waals surface area contributed by atoms with Gasteiger partial charge in [0.15, 0.2) is 9.84 Å². The van der Waals surface area contributed by atoms with E-state index in [4.69, 9.17) is 0 Å². The van der Waals surface area contributed by atoms with Crippen LogP contribution in [-0.2, 0) is 9.84 Å². The molecule has 0 radical (unpaired) electrons. The Morgan fingerprint density at radius 1 is 1.13 bits per heavy atom. The Kier molecular flexibility index (Phi) is 5.02. The first-order valence-electron chi connectivity index (χ1n) is 7.84. The fourth-order valence-corrected chi connectivity index (χ4v) is 3.74. The summed E-state index contributed by atoms with van der Waals surface area (Å²) in [5, 5.41) is 12.2. The van der Waals surface area contributed by atoms with Gasteiger partial charge in [0.25, 0.3) is 0 Å². The van der Waals surface area contributed by atoms with Gasteiger partial charge in [-0.15, -0.1) is 13.2 Å². The summed E-state index contributed by atoms with van der Waals surface area (Å²) in [4.78, 5) is 23.0. The highest BCUT2D eigenvalue weighted by atomic mass is 32.2. The Hall–Kier alpha value is -3.48. The maximum Gasteiger partial charge on any atom is 0.573 e. The number of ether oxygens (including phenoxy) is 1. The molecule has 3 aromatic rings. The van der Waals surface area contributed by atoms with Crippen molar-refractivity contribution in [2.75, 3.05) is 6.26 Å². The van der Waals surface area contributed by atoms with Gasteiger partial charge in [-0.3, -0.25) is 4.79 Å². The summed E-state index contributed by atoms with van der Waals surface area (Å²) in [6.45, 7) is 0. The van der Waals surface area contributed by atoms with Gasteiger partial charge in [0, 0.05) is 6.26 Å². The second kappa shape index (κ2) is 7.09. The van der Waals surface area contributed by atoms with Gasteiger partial charge in [-0.05, 0) is 36.4 Å². The molecule has 0 atom stereocenters. The lowest BCUT2D eigenvalue weighted by Gasteiger charge is -2.14. The number of hydrogen-bond donors (Lipinski definition) is 1. The SMILES string of the molecule is CS(=O)(=O)c1c(F)ccc2c1c(=O)c(C(=O)O)nn2-c1ccc(OC(F)(F)F)cc1. The topological polar surface area (TPSA) is 116 Å². The molecule has 0 fully saturated rings. The van der Waals surface area contributed by atoms with Crippen LogP contribution in [0.25, 0.3) is 16.6 Å². The lowest BCUT2D eigenvalue weighted by Crippen LogP contribution is -2.24. The second-order valence-electron chi connectivity index (χ2n) is 5.98. The number of benzene rings is 2. The van der Waals surface area contributed by atoms with Crippen molar-refractivity contribution < 1.29 is 40.6 Å². The summed E-state index contributed by atoms with van der Waals surface area (Å²) >= 11 is 0. The molecule has 8 nitrogen and oxygen atoms in total. The van der Waals surface area contributed by atoms with E-state index >= 15 is 0 Å². The molecule has 30 heavy (non-hydrogen) atoms. The molecule has 0 aliphatic rings. The molecule has 158 valence electrons. The van der Waals surface area contributed by atoms with Gasteiger partial charge in [0.2, 0.25) is 11.1 Å². The smallest absolute Gasteiger partial charge is 0.476 e. The summed E-state index contributed by atoms with van der Waals surface area (Å²) in [6, 6.07) is 5.67. The van der Waals surface area contributed by atoms with E-state index in [1.807, 2.05) is 0 Å². The molecule has 1 N–H and O–H groups in total. The number of aromatic carboxylic acids is 1. The summed E-state index contributed by atoms with van der Waals surface area (Å²) in [5.41, 5.74) is -2.74. The third kappa shape index (κ3) is 3.96. The predicted molar refractivity (Wildman–Crippen MR) is 94.1 cm³/mol. The molecule has 13 heteroatoms. The van der Waals surface area contributed by atoms with Crippen LogP contribution in [-0.4, -0.2) is 41.9 Å². The Labute approximate surface area is 164 Å². The Balaban J connectivity index is 2.37. The molecular weight excluding hydrogens is 436 g/mol. The number of halogens is 4. The molecule has 3 rings (SSSR count). The van der Waals surface area contributed by atoms with Gasteiger partial charge in [0.05, 0.1) is 16.6 Å². The van der Waals surface area contributed by atoms with Gasteiger partial charge in [-0.25, -0.2) is 22.3 Å². The number of aromatic nitrogens is 2. The van der Waals surface area contributed by atoms with Gasteiger partial charge in [-0.1, -0.05) is 0 Å². The van der Waals surface area contributed by atoms with Crippen LogP contribution in [0.15, 0.2) is 46.1 Å². The van der Waals surface area contributed by atoms with Gasteiger partial charge < -0.3 is 9.84 Å². The number of carbonyl (C=O) groups is 1. The van der Waals surface area contributed by atoms with Crippen LogP contribution in [0.2, 0.25) is 0 Å². The van der Waals surface area contributed by atoms with Crippen LogP contribution in [0.1, 0.15) is 10.5 Å². The molecule has 0 aliphatic carbocycles. The van der Waals surface area contributed by atoms with Crippen molar-refractivity contribution in [3.8, 4) is 11.4 Å². The minimum atomic E-state index is -4.94. The lowest BCUT2D eigenvalue weighted by atomic mass is 10.1. The standard InChI is InChI=1S/C17H10F4N2O6S/c1-30(27,28)15-10(18)6-7-11-12(15)14(24)13(16(25)26)22-23(11)8-2-4-9(5-3-8)29-17(19,20)21/h2-7H,1H3,(H,25,26). The average molecular weight is 446 g/mol. The zero-order valence-corrected chi connectivity index (χ0v) is 15.6. The minimum Gasteiger partial charge on any atom is -0.476 e. The zero-order chi connectivity index (χ0) is 22.4. The fraction of sp³-hybridized carbons (Fsp3) is 0.118. The van der Waals surface area contributed by atoms with Crippen molar-refractivity contribution in [1.82, 2.24) is 9.78 Å². The predicted octanol–water partition coefficient (Wildman–Crippen LogP) is 2.53. The van der Waals surface area contributed by atoms with Crippen molar-refractivity contribution in [1.29, 1.82) is 0 Å². The number of rotatable bonds is 4. The van der Waals surface area contributed by atoms with Crippen LogP contribution < -0.4 is 10.2 Å². The van der Waals surface area contributed by atoms with Crippen LogP contribution in [0, 0.1) is 5.82 Å². The van der Waals surface area contributed by atoms with E-state index in [9.17, 15) is 40.7 Å². The van der Waals surface area contributed by atoms with Gasteiger partial charge in [0.1, 0.15) is 16.5 Å². The summed E-state index contributed by atoms with van der Waals surface area (Å²) < 4.78 is 79.9. The number of alkyl halides is 3. The van der Waals surface area contributed by atoms with Crippen LogP contribution in [0.4, 0.5) is 17.6 Å². The molecule has 0 saturated heterocycles. The van der Waals surface area contributed by atoms with Crippen LogP contribution in [0.5, 0.6) is 5.75 Å². The molecule has 0 spiro atoms. The van der Waals surface area contributed by atoms with Gasteiger partial charge in [-0.2, -0.15) is 5.10 Å². The van der Waals surface area contributed by atoms with E-state index in [-0.39, 0.29) is 11.2 Å². The quantitative estimate of drug-likeness (QED) is 0.613. The second-order valence-corrected chi connectivity index (χ2v) is 7.93. The monoisotopic (exact) mass is 446 g/mol. The Morgan fingerprint density at radius 3 is 2.23 bits per heavy atom. The zero-order valence-electron chi connectivity index (χ0n) is 14.8. The normalized spacial score (nSPS) is 12.2. The summed E-state index contributed by atoms with van der Waals surface area (Å²) in [6.07, 6.45) is -4.30. The summed E-state index contributed by atoms with van der Waals surface area (Å²) in [5.74, 6) is -3.67. The highest BCUT2D eigenvalue weighted by molar-refractivity contribution is 7.91. The van der Waals surface area contributed by atoms with E-state index in [2.05, 4.69) is 9.84 Å². The Morgan fingerprint density at radius 2 is 1.73 bits per heavy atom. The van der Waals surface area contributed by atoms with Crippen molar-refractivity contribution in [3.05, 3.63) is 58.1 Å². The first kappa shape index (κ1) is 21.2. The molecule has 0 saturated carbocycles. The maximum absolute atomic E-state index is 14.3. The van der Waals surface area contributed by atoms with Crippen LogP contribution >= 0.6 is 0 Å². The number of carboxylic acid groups (broad SMARTS) is 1. The van der Waals surface area contributed by atoms with E-state index in [1.54, 1.807) is 0 Å². The fourth-order valence-electron chi connectivity index (χ4n) is 2.75. The first-order chi connectivity index (χ1) is 13.8. The average Bonchev–Trinajstić information content (AvgIpc) is 2.60. The third-order valence-electron chi connectivity index (χ3n) is 3.85. The van der Waals surface area contributed by atoms with E-state index < -0.39 is 55.1 Å². The highest BCUT2D eigenvalue weighted by Gasteiger charge is 2.31. The number of fused-ring (bicyclic) bond motifs is 1. The van der Waals surface area contributed by atoms with Crippen molar-refractivity contribution >= 4 is 26.7 Å². The minimum absolute atomic E-state index is 0.0388. The molecule has 2 aromatic carbocycles. The maximum atomic E-state index is 14.3. The summed E-state index contributed by atoms with van der Waals surface area (Å²) in [7, 11) is -4.31. The van der Waals surface area contributed by atoms with E-state index in [0.717, 1.165) is 41.1 Å².